The monoisotopic (exact) mass is 415 g/mol. The van der Waals surface area contributed by atoms with Gasteiger partial charge in [-0.25, -0.2) is 9.97 Å². The Morgan fingerprint density at radius 1 is 1.20 bits per heavy atom. The molecule has 3 heterocycles. The van der Waals surface area contributed by atoms with Crippen molar-refractivity contribution in [2.24, 2.45) is 0 Å². The van der Waals surface area contributed by atoms with Crippen molar-refractivity contribution in [3.05, 3.63) is 36.2 Å². The molecule has 1 atom stereocenters. The van der Waals surface area contributed by atoms with E-state index in [1.807, 2.05) is 39.0 Å². The first-order chi connectivity index (χ1) is 14.3. The molecule has 0 aromatic carbocycles. The lowest BCUT2D eigenvalue weighted by atomic mass is 10.2. The molecule has 30 heavy (non-hydrogen) atoms. The van der Waals surface area contributed by atoms with Crippen LogP contribution in [0.15, 0.2) is 30.5 Å². The molecule has 0 spiro atoms. The highest BCUT2D eigenvalue weighted by molar-refractivity contribution is 5.94. The Hall–Kier alpha value is -2.13. The van der Waals surface area contributed by atoms with Crippen LogP contribution in [0.25, 0.3) is 11.0 Å². The third kappa shape index (κ3) is 6.98. The van der Waals surface area contributed by atoms with Crippen LogP contribution in [0.3, 0.4) is 0 Å². The number of aliphatic hydroxyl groups is 1. The third-order valence-electron chi connectivity index (χ3n) is 5.05. The van der Waals surface area contributed by atoms with Gasteiger partial charge in [0.15, 0.2) is 5.65 Å². The van der Waals surface area contributed by atoms with E-state index in [4.69, 9.17) is 4.74 Å². The molecule has 2 N–H and O–H groups in total. The smallest absolute Gasteiger partial charge is 0.270 e. The molecule has 8 nitrogen and oxygen atoms in total. The number of hydrogen-bond donors (Lipinski definition) is 2. The summed E-state index contributed by atoms with van der Waals surface area (Å²) >= 11 is 0. The number of pyridine rings is 2. The van der Waals surface area contributed by atoms with Gasteiger partial charge >= 0.3 is 0 Å². The zero-order valence-corrected chi connectivity index (χ0v) is 18.2. The topological polar surface area (TPSA) is 90.8 Å². The zero-order chi connectivity index (χ0) is 21.6. The van der Waals surface area contributed by atoms with Gasteiger partial charge in [-0.05, 0) is 45.0 Å². The van der Waals surface area contributed by atoms with Gasteiger partial charge in [0.25, 0.3) is 5.91 Å². The van der Waals surface area contributed by atoms with Gasteiger partial charge in [0.2, 0.25) is 0 Å². The second-order valence-corrected chi connectivity index (χ2v) is 8.72. The molecule has 164 valence electrons. The van der Waals surface area contributed by atoms with E-state index in [0.717, 1.165) is 38.1 Å². The molecule has 3 rings (SSSR count). The van der Waals surface area contributed by atoms with Crippen LogP contribution >= 0.6 is 0 Å². The Morgan fingerprint density at radius 2 is 1.93 bits per heavy atom. The quantitative estimate of drug-likeness (QED) is 0.668. The molecule has 0 aliphatic carbocycles. The fourth-order valence-corrected chi connectivity index (χ4v) is 3.39. The summed E-state index contributed by atoms with van der Waals surface area (Å²) in [6, 6.07) is 7.37. The first kappa shape index (κ1) is 22.6. The van der Waals surface area contributed by atoms with Gasteiger partial charge in [-0.2, -0.15) is 0 Å². The van der Waals surface area contributed by atoms with Gasteiger partial charge in [-0.15, -0.1) is 0 Å². The number of ether oxygens (including phenoxy) is 1. The van der Waals surface area contributed by atoms with Crippen LogP contribution in [0.4, 0.5) is 0 Å². The van der Waals surface area contributed by atoms with Gasteiger partial charge in [-0.3, -0.25) is 14.6 Å². The van der Waals surface area contributed by atoms with Crippen LogP contribution in [-0.2, 0) is 4.74 Å². The number of nitrogens with zero attached hydrogens (tertiary/aromatic N) is 4. The number of piperazine rings is 1. The molecular weight excluding hydrogens is 382 g/mol. The minimum absolute atomic E-state index is 0.178. The number of aliphatic hydroxyl groups excluding tert-OH is 1. The van der Waals surface area contributed by atoms with Gasteiger partial charge in [-0.1, -0.05) is 0 Å². The molecule has 1 fully saturated rings. The second-order valence-electron chi connectivity index (χ2n) is 8.72. The molecule has 1 aliphatic rings. The minimum Gasteiger partial charge on any atom is -0.389 e. The fourth-order valence-electron chi connectivity index (χ4n) is 3.39. The summed E-state index contributed by atoms with van der Waals surface area (Å²) in [4.78, 5) is 25.5. The number of rotatable bonds is 8. The summed E-state index contributed by atoms with van der Waals surface area (Å²) in [5.41, 5.74) is 0.733. The summed E-state index contributed by atoms with van der Waals surface area (Å²) in [7, 11) is 0. The van der Waals surface area contributed by atoms with Gasteiger partial charge in [0, 0.05) is 57.4 Å². The number of amides is 1. The summed E-state index contributed by atoms with van der Waals surface area (Å²) in [5.74, 6) is -0.178. The average molecular weight is 416 g/mol. The van der Waals surface area contributed by atoms with Crippen molar-refractivity contribution in [2.75, 3.05) is 52.4 Å². The minimum atomic E-state index is -0.473. The molecule has 2 aromatic heterocycles. The maximum atomic E-state index is 12.4. The largest absolute Gasteiger partial charge is 0.389 e. The SMILES string of the molecule is CC(C)(C)OCC(O)CN1CCN(CCNC(=O)c2ccc3cccnc3n2)CC1. The summed E-state index contributed by atoms with van der Waals surface area (Å²) in [6.45, 7) is 12.0. The molecule has 2 aromatic rings. The molecule has 1 amide bonds. The maximum Gasteiger partial charge on any atom is 0.270 e. The molecule has 0 saturated carbocycles. The van der Waals surface area contributed by atoms with Crippen molar-refractivity contribution in [3.63, 3.8) is 0 Å². The van der Waals surface area contributed by atoms with E-state index in [9.17, 15) is 9.90 Å². The number of carbonyl (C=O) groups excluding carboxylic acids is 1. The molecule has 1 saturated heterocycles. The standard InChI is InChI=1S/C22H33N5O3/c1-22(2,3)30-16-18(28)15-27-13-11-26(12-14-27)10-9-24-21(29)19-7-6-17-5-4-8-23-20(17)25-19/h4-8,18,28H,9-16H2,1-3H3,(H,24,29). The summed E-state index contributed by atoms with van der Waals surface area (Å²) in [6.07, 6.45) is 1.20. The highest BCUT2D eigenvalue weighted by atomic mass is 16.5. The molecular formula is C22H33N5O3. The second kappa shape index (κ2) is 10.3. The van der Waals surface area contributed by atoms with E-state index in [2.05, 4.69) is 25.1 Å². The number of carbonyl (C=O) groups is 1. The van der Waals surface area contributed by atoms with Crippen LogP contribution in [0.5, 0.6) is 0 Å². The number of nitrogens with one attached hydrogen (secondary N) is 1. The lowest BCUT2D eigenvalue weighted by molar-refractivity contribution is -0.0585. The molecule has 0 radical (unpaired) electrons. The Labute approximate surface area is 178 Å². The Balaban J connectivity index is 1.35. The van der Waals surface area contributed by atoms with Crippen LogP contribution < -0.4 is 5.32 Å². The molecule has 1 aliphatic heterocycles. The van der Waals surface area contributed by atoms with Crippen LogP contribution in [-0.4, -0.2) is 94.9 Å². The lowest BCUT2D eigenvalue weighted by Crippen LogP contribution is -2.50. The third-order valence-corrected chi connectivity index (χ3v) is 5.05. The van der Waals surface area contributed by atoms with Crippen molar-refractivity contribution < 1.29 is 14.6 Å². The van der Waals surface area contributed by atoms with Crippen molar-refractivity contribution in [1.29, 1.82) is 0 Å². The van der Waals surface area contributed by atoms with E-state index < -0.39 is 6.10 Å². The fraction of sp³-hybridized carbons (Fsp3) is 0.591. The summed E-state index contributed by atoms with van der Waals surface area (Å²) < 4.78 is 5.65. The zero-order valence-electron chi connectivity index (χ0n) is 18.2. The number of β-amino-alcohol motifs (C(OH)–C–C–N with tert-alkyl or cyclic N) is 1. The highest BCUT2D eigenvalue weighted by Crippen LogP contribution is 2.10. The maximum absolute atomic E-state index is 12.4. The number of aromatic nitrogens is 2. The van der Waals surface area contributed by atoms with Gasteiger partial charge in [0.05, 0.1) is 18.3 Å². The Bertz CT molecular complexity index is 831. The van der Waals surface area contributed by atoms with E-state index in [0.29, 0.717) is 31.0 Å². The van der Waals surface area contributed by atoms with Crippen LogP contribution in [0, 0.1) is 0 Å². The van der Waals surface area contributed by atoms with Gasteiger partial charge in [0.1, 0.15) is 5.69 Å². The lowest BCUT2D eigenvalue weighted by Gasteiger charge is -2.35. The van der Waals surface area contributed by atoms with Crippen molar-refractivity contribution >= 4 is 16.9 Å². The van der Waals surface area contributed by atoms with E-state index in [1.165, 1.54) is 0 Å². The first-order valence-electron chi connectivity index (χ1n) is 10.6. The Kier molecular flexibility index (Phi) is 7.71. The first-order valence-corrected chi connectivity index (χ1v) is 10.6. The normalized spacial score (nSPS) is 17.2. The number of fused-ring (bicyclic) bond motifs is 1. The highest BCUT2D eigenvalue weighted by Gasteiger charge is 2.21. The predicted octanol–water partition coefficient (Wildman–Crippen LogP) is 1.15. The molecule has 1 unspecified atom stereocenters. The van der Waals surface area contributed by atoms with Crippen molar-refractivity contribution in [2.45, 2.75) is 32.5 Å². The average Bonchev–Trinajstić information content (AvgIpc) is 2.72. The van der Waals surface area contributed by atoms with Crippen molar-refractivity contribution in [3.8, 4) is 0 Å². The van der Waals surface area contributed by atoms with E-state index in [-0.39, 0.29) is 11.5 Å². The molecule has 0 bridgehead atoms. The van der Waals surface area contributed by atoms with Crippen molar-refractivity contribution in [1.82, 2.24) is 25.1 Å². The summed E-state index contributed by atoms with van der Waals surface area (Å²) in [5, 5.41) is 14.0. The van der Waals surface area contributed by atoms with E-state index in [1.54, 1.807) is 12.3 Å². The number of hydrogen-bond acceptors (Lipinski definition) is 7. The molecule has 8 heteroatoms. The van der Waals surface area contributed by atoms with E-state index >= 15 is 0 Å². The van der Waals surface area contributed by atoms with Gasteiger partial charge < -0.3 is 15.2 Å². The predicted molar refractivity (Wildman–Crippen MR) is 116 cm³/mol. The Morgan fingerprint density at radius 3 is 2.67 bits per heavy atom. The van der Waals surface area contributed by atoms with Crippen LogP contribution in [0.2, 0.25) is 0 Å². The van der Waals surface area contributed by atoms with Crippen LogP contribution in [0.1, 0.15) is 31.3 Å².